The van der Waals surface area contributed by atoms with Crippen LogP contribution in [0.25, 0.3) is 98.4 Å². The van der Waals surface area contributed by atoms with Gasteiger partial charge in [-0.15, -0.1) is 0 Å². The number of fused-ring (bicyclic) bond motifs is 9. The van der Waals surface area contributed by atoms with Crippen molar-refractivity contribution in [2.24, 2.45) is 5.73 Å². The van der Waals surface area contributed by atoms with E-state index in [9.17, 15) is 4.79 Å². The van der Waals surface area contributed by atoms with Crippen molar-refractivity contribution in [3.63, 3.8) is 0 Å². The molecule has 17 heteroatoms. The molecule has 11 aromatic heterocycles. The Morgan fingerprint density at radius 3 is 0.811 bits per heavy atom. The molecule has 1 amide bonds. The van der Waals surface area contributed by atoms with E-state index in [0.717, 1.165) is 121 Å². The van der Waals surface area contributed by atoms with E-state index in [2.05, 4.69) is 326 Å². The molecule has 0 atom stereocenters. The zero-order valence-corrected chi connectivity index (χ0v) is 91.8. The highest BCUT2D eigenvalue weighted by molar-refractivity contribution is 5.89. The van der Waals surface area contributed by atoms with Gasteiger partial charge < -0.3 is 70.1 Å². The summed E-state index contributed by atoms with van der Waals surface area (Å²) in [4.78, 5) is 49.3. The Balaban J connectivity index is 0.000000205. The van der Waals surface area contributed by atoms with Crippen molar-refractivity contribution >= 4 is 104 Å². The summed E-state index contributed by atoms with van der Waals surface area (Å²) in [6.07, 6.45) is 66.2. The van der Waals surface area contributed by atoms with Crippen LogP contribution < -0.4 is 25.3 Å². The number of aromatic amines is 9. The highest BCUT2D eigenvalue weighted by Gasteiger charge is 2.14. The molecule has 0 saturated carbocycles. The fourth-order valence-corrected chi connectivity index (χ4v) is 19.1. The predicted octanol–water partition coefficient (Wildman–Crippen LogP) is 36.4. The maximum atomic E-state index is 10.7. The number of carbonyl (C=O) groups excluding carboxylic acids is 1. The minimum atomic E-state index is 0. The normalized spacial score (nSPS) is 10.8. The van der Waals surface area contributed by atoms with Crippen molar-refractivity contribution < 1.29 is 19.0 Å². The molecule has 11 heterocycles. The molecule has 17 nitrogen and oxygen atoms in total. The lowest BCUT2D eigenvalue weighted by molar-refractivity contribution is -0.118. The fourth-order valence-electron chi connectivity index (χ4n) is 19.1. The van der Waals surface area contributed by atoms with E-state index in [0.29, 0.717) is 13.1 Å². The molecular weight excluding hydrogens is 1820 g/mol. The molecule has 0 bridgehead atoms. The van der Waals surface area contributed by atoms with E-state index in [-0.39, 0.29) is 20.8 Å². The number of hydrogen-bond acceptors (Lipinski definition) is 7. The Hall–Kier alpha value is -12.5. The van der Waals surface area contributed by atoms with Gasteiger partial charge in [0.2, 0.25) is 5.91 Å². The molecule has 0 aliphatic heterocycles. The van der Waals surface area contributed by atoms with Gasteiger partial charge in [-0.2, -0.15) is 0 Å². The van der Waals surface area contributed by atoms with Crippen LogP contribution in [0.2, 0.25) is 0 Å². The highest BCUT2D eigenvalue weighted by atomic mass is 16.5. The number of rotatable bonds is 47. The monoisotopic (exact) mass is 2010 g/mol. The summed E-state index contributed by atoms with van der Waals surface area (Å²) < 4.78 is 17.8. The summed E-state index contributed by atoms with van der Waals surface area (Å²) in [6, 6.07) is 57.2. The molecule has 7 aromatic carbocycles. The van der Waals surface area contributed by atoms with Crippen LogP contribution in [0.3, 0.4) is 0 Å². The summed E-state index contributed by atoms with van der Waals surface area (Å²) in [6.45, 7) is 36.0. The zero-order valence-electron chi connectivity index (χ0n) is 91.8. The van der Waals surface area contributed by atoms with Crippen molar-refractivity contribution in [3.05, 3.63) is 292 Å². The number of nitrogens with two attached hydrogens (primary N) is 1. The van der Waals surface area contributed by atoms with Crippen LogP contribution in [0.5, 0.6) is 17.2 Å². The SMILES string of the molecule is C.C.CC(=O)NCCc1c[nH]c2ccccc12.CCCCCCCCCCCOc1ccc2[nH]cc(CCC)c2c1.CCCCCCCCCOc1ccc2[nH]cc(CCC)c2c1.CCCCCCCCOc1ccc2[nH]cc(CCC)c2c1.CCCc1c[nH]c2ccc(C)cc12.CCCc1c[nH]c2ccc(C)cc12.CCCc1c[nH]c2ccc(C)nc12.CCCc1c[nH]c2ccccc12.Cc1ccc2[nH]cc(CCN)c2n1. The second-order valence-corrected chi connectivity index (χ2v) is 39.6. The van der Waals surface area contributed by atoms with Crippen LogP contribution in [0.4, 0.5) is 0 Å². The lowest BCUT2D eigenvalue weighted by atomic mass is 10.1. The topological polar surface area (TPSA) is 251 Å². The molecule has 148 heavy (non-hydrogen) atoms. The number of aromatic nitrogens is 11. The number of ether oxygens (including phenoxy) is 3. The van der Waals surface area contributed by atoms with Crippen molar-refractivity contribution in [1.82, 2.24) is 60.1 Å². The van der Waals surface area contributed by atoms with Crippen LogP contribution in [0, 0.1) is 27.7 Å². The number of benzene rings is 7. The molecule has 0 radical (unpaired) electrons. The molecule has 18 rings (SSSR count). The minimum Gasteiger partial charge on any atom is -0.494 e. The number of unbranched alkanes of at least 4 members (excludes halogenated alkanes) is 19. The van der Waals surface area contributed by atoms with E-state index < -0.39 is 0 Å². The molecule has 18 aromatic rings. The lowest BCUT2D eigenvalue weighted by Crippen LogP contribution is -2.22. The Bertz CT molecular complexity index is 6340. The van der Waals surface area contributed by atoms with Crippen LogP contribution in [-0.4, -0.2) is 93.6 Å². The molecule has 0 unspecified atom stereocenters. The number of pyridine rings is 2. The average molecular weight is 2010 g/mol. The predicted molar refractivity (Wildman–Crippen MR) is 641 cm³/mol. The number of aryl methyl sites for hydroxylation is 11. The quantitative estimate of drug-likeness (QED) is 0.0164. The fraction of sp³-hybridized carbons (Fsp3) is 0.458. The van der Waals surface area contributed by atoms with Gasteiger partial charge in [-0.3, -0.25) is 14.8 Å². The highest BCUT2D eigenvalue weighted by Crippen LogP contribution is 2.32. The van der Waals surface area contributed by atoms with Crippen molar-refractivity contribution in [3.8, 4) is 17.2 Å². The van der Waals surface area contributed by atoms with E-state index in [1.54, 1.807) is 0 Å². The average Bonchev–Trinajstić information content (AvgIpc) is 1.66. The van der Waals surface area contributed by atoms with E-state index in [4.69, 9.17) is 19.9 Å². The van der Waals surface area contributed by atoms with Gasteiger partial charge >= 0.3 is 0 Å². The first-order valence-electron chi connectivity index (χ1n) is 56.2. The summed E-state index contributed by atoms with van der Waals surface area (Å²) in [7, 11) is 0. The largest absolute Gasteiger partial charge is 0.494 e. The second-order valence-electron chi connectivity index (χ2n) is 39.6. The third-order valence-corrected chi connectivity index (χ3v) is 27.0. The molecule has 0 spiro atoms. The molecular formula is C131H187N13O4. The Kier molecular flexibility index (Phi) is 56.2. The molecule has 0 aliphatic carbocycles. The Morgan fingerprint density at radius 2 is 0.507 bits per heavy atom. The first-order valence-corrected chi connectivity index (χ1v) is 56.2. The van der Waals surface area contributed by atoms with Crippen LogP contribution in [-0.2, 0) is 62.6 Å². The summed E-state index contributed by atoms with van der Waals surface area (Å²) in [5, 5.41) is 12.1. The van der Waals surface area contributed by atoms with Crippen LogP contribution in [0.15, 0.2) is 220 Å². The van der Waals surface area contributed by atoms with E-state index >= 15 is 0 Å². The van der Waals surface area contributed by atoms with Gasteiger partial charge in [0, 0.05) is 157 Å². The Morgan fingerprint density at radius 1 is 0.264 bits per heavy atom. The maximum absolute atomic E-state index is 10.7. The van der Waals surface area contributed by atoms with Gasteiger partial charge in [0.25, 0.3) is 0 Å². The third-order valence-electron chi connectivity index (χ3n) is 27.0. The number of amides is 1. The minimum absolute atomic E-state index is 0. The molecule has 0 fully saturated rings. The number of hydrogen-bond donors (Lipinski definition) is 11. The van der Waals surface area contributed by atoms with Gasteiger partial charge in [0.1, 0.15) is 17.2 Å². The number of nitrogens with zero attached hydrogens (tertiary/aromatic N) is 2. The van der Waals surface area contributed by atoms with E-state index in [1.807, 2.05) is 50.5 Å². The number of nitrogens with one attached hydrogen (secondary N) is 10. The first-order chi connectivity index (χ1) is 71.5. The third kappa shape index (κ3) is 39.9. The van der Waals surface area contributed by atoms with Gasteiger partial charge in [-0.25, -0.2) is 0 Å². The smallest absolute Gasteiger partial charge is 0.216 e. The van der Waals surface area contributed by atoms with Crippen molar-refractivity contribution in [2.75, 3.05) is 32.9 Å². The second kappa shape index (κ2) is 68.9. The molecule has 0 aliphatic rings. The van der Waals surface area contributed by atoms with Crippen LogP contribution in [0.1, 0.15) is 350 Å². The lowest BCUT2D eigenvalue weighted by Gasteiger charge is -2.07. The van der Waals surface area contributed by atoms with Crippen molar-refractivity contribution in [1.29, 1.82) is 0 Å². The van der Waals surface area contributed by atoms with Gasteiger partial charge in [0.15, 0.2) is 0 Å². The van der Waals surface area contributed by atoms with E-state index in [1.165, 1.54) is 338 Å². The number of para-hydroxylation sites is 2. The summed E-state index contributed by atoms with van der Waals surface area (Å²) in [5.41, 5.74) is 35.6. The standard InChI is InChI=1S/C22H35NO.C20H31NO.C19H29NO.C12H14N2O.2C12H15N.C11H14N2.C11H13N.C10H13N3.2CH4/c1-3-5-6-7-8-9-10-11-12-16-24-20-14-15-22-21(17-20)19(13-4-2)18-23-22;1-3-5-6-7-8-9-10-14-22-18-12-13-20-19(15-18)17(11-4-2)16-21-20;1-3-5-6-7-8-9-13-21-17-11-12-19-18(14-17)16(10-4-2)15-20-19;1-9(15)13-7-6-10-8-14-12-5-3-2-4-11(10)12;2*1-3-4-10-8-13-12-6-5-9(2)7-11(10)12;1-3-4-9-7-12-10-6-5-8(2)13-11(9)10;1-2-5-9-8-12-11-7-4-3-6-10(9)11;1-7-2-3-9-10(13-7)8(4-5-11)6-12-9;;/h14-15,17-18,23H,3-13,16H2,1-2H3;12-13,15-16,21H,3-11,14H2,1-2H3;11-12,14-15,20H,3-10,13H2,1-2H3;2-5,8,14H,6-7H2,1H3,(H,13,15);2*5-8,13H,3-4H2,1-2H3;5-7,12H,3-4H2,1-2H3;3-4,6-8,12H,2,5H2,1H3;2-3,6,12H,4-5,11H2,1H3;2*1H4. The van der Waals surface area contributed by atoms with Crippen molar-refractivity contribution in [2.45, 2.75) is 363 Å². The number of carbonyl (C=O) groups is 1. The number of H-pyrrole nitrogens is 9. The Labute approximate surface area is 888 Å². The first kappa shape index (κ1) is 121. The molecule has 12 N–H and O–H groups in total. The summed E-state index contributed by atoms with van der Waals surface area (Å²) >= 11 is 0. The molecule has 0 saturated heterocycles. The zero-order chi connectivity index (χ0) is 104. The maximum Gasteiger partial charge on any atom is 0.216 e. The van der Waals surface area contributed by atoms with Gasteiger partial charge in [-0.1, -0.05) is 311 Å². The van der Waals surface area contributed by atoms with Crippen LogP contribution >= 0.6 is 0 Å². The summed E-state index contributed by atoms with van der Waals surface area (Å²) in [5.74, 6) is 3.05. The molecule has 800 valence electrons. The van der Waals surface area contributed by atoms with Gasteiger partial charge in [-0.05, 0) is 277 Å². The van der Waals surface area contributed by atoms with Gasteiger partial charge in [0.05, 0.1) is 41.9 Å².